The fourth-order valence-electron chi connectivity index (χ4n) is 6.49. The van der Waals surface area contributed by atoms with E-state index in [1.54, 1.807) is 0 Å². The number of thiazole rings is 1. The summed E-state index contributed by atoms with van der Waals surface area (Å²) in [5, 5.41) is 17.7. The number of carboxylic acid groups (broad SMARTS) is 1. The van der Waals surface area contributed by atoms with E-state index >= 15 is 0 Å². The summed E-state index contributed by atoms with van der Waals surface area (Å²) in [5.74, 6) is -0.104. The molecule has 1 atom stereocenters. The van der Waals surface area contributed by atoms with Gasteiger partial charge in [0.15, 0.2) is 17.6 Å². The van der Waals surface area contributed by atoms with Gasteiger partial charge >= 0.3 is 5.97 Å². The molecule has 2 fully saturated rings. The van der Waals surface area contributed by atoms with Crippen LogP contribution < -0.4 is 4.90 Å². The van der Waals surface area contributed by atoms with Crippen molar-refractivity contribution < 1.29 is 19.4 Å². The van der Waals surface area contributed by atoms with Crippen LogP contribution in [0.25, 0.3) is 42.9 Å². The van der Waals surface area contributed by atoms with Crippen molar-refractivity contribution in [2.45, 2.75) is 58.3 Å². The van der Waals surface area contributed by atoms with Crippen LogP contribution in [0.4, 0.5) is 5.82 Å². The number of hydrogen-bond donors (Lipinski definition) is 1. The number of carbonyl (C=O) groups is 1. The maximum Gasteiger partial charge on any atom is 0.337 e. The fourth-order valence-corrected chi connectivity index (χ4v) is 7.72. The number of rotatable bonds is 7. The largest absolute Gasteiger partial charge is 0.479 e. The zero-order valence-corrected chi connectivity index (χ0v) is 28.2. The molecule has 240 valence electrons. The number of aromatic nitrogens is 4. The number of benzene rings is 2. The first kappa shape index (κ1) is 31.0. The topological polar surface area (TPSA) is 106 Å². The van der Waals surface area contributed by atoms with Gasteiger partial charge in [-0.3, -0.25) is 4.90 Å². The zero-order chi connectivity index (χ0) is 32.3. The van der Waals surface area contributed by atoms with Crippen molar-refractivity contribution in [3.63, 3.8) is 0 Å². The minimum Gasteiger partial charge on any atom is -0.479 e. The van der Waals surface area contributed by atoms with E-state index in [-0.39, 0.29) is 0 Å². The molecule has 10 nitrogen and oxygen atoms in total. The number of nitrogens with zero attached hydrogens (tertiary/aromatic N) is 6. The molecule has 0 unspecified atom stereocenters. The standard InChI is InChI=1S/C34H37ClN6O4S/c1-19-14-25-29(27(20-6-8-22(35)9-7-20)26(19)28(33(42)43)45-34(2,3)4)46-32(37-25)21-15-24-30(36-16-21)39(5)38-31(24)40-12-10-23(11-13-40)41-17-44-18-41/h6-9,14-16,23,28H,10-13,17-18H2,1-5H3,(H,42,43)/t28-/m0/s1. The Morgan fingerprint density at radius 1 is 1.13 bits per heavy atom. The Labute approximate surface area is 276 Å². The zero-order valence-electron chi connectivity index (χ0n) is 26.6. The van der Waals surface area contributed by atoms with E-state index < -0.39 is 17.7 Å². The van der Waals surface area contributed by atoms with E-state index in [0.717, 1.165) is 93.7 Å². The summed E-state index contributed by atoms with van der Waals surface area (Å²) in [7, 11) is 1.93. The Bertz CT molecular complexity index is 1940. The third-order valence-corrected chi connectivity index (χ3v) is 10.1. The molecule has 2 aromatic carbocycles. The summed E-state index contributed by atoms with van der Waals surface area (Å²) in [6, 6.07) is 12.1. The number of aryl methyl sites for hydroxylation is 2. The Balaban J connectivity index is 1.33. The molecule has 7 rings (SSSR count). The Hall–Kier alpha value is -3.61. The molecule has 2 aliphatic rings. The van der Waals surface area contributed by atoms with Gasteiger partial charge in [-0.25, -0.2) is 19.4 Å². The third-order valence-electron chi connectivity index (χ3n) is 8.72. The molecule has 0 saturated carbocycles. The van der Waals surface area contributed by atoms with Gasteiger partial charge in [0.2, 0.25) is 0 Å². The van der Waals surface area contributed by atoms with Crippen molar-refractivity contribution in [3.8, 4) is 21.7 Å². The van der Waals surface area contributed by atoms with Crippen LogP contribution in [0.2, 0.25) is 5.02 Å². The second kappa shape index (κ2) is 11.9. The molecule has 0 aliphatic carbocycles. The van der Waals surface area contributed by atoms with E-state index in [0.29, 0.717) is 16.6 Å². The molecular formula is C34H37ClN6O4S. The van der Waals surface area contributed by atoms with Crippen LogP contribution in [-0.2, 0) is 21.3 Å². The Kier molecular flexibility index (Phi) is 8.01. The molecule has 1 N–H and O–H groups in total. The number of fused-ring (bicyclic) bond motifs is 2. The van der Waals surface area contributed by atoms with Crippen molar-refractivity contribution in [2.24, 2.45) is 7.05 Å². The van der Waals surface area contributed by atoms with Gasteiger partial charge in [0.1, 0.15) is 18.5 Å². The average molecular weight is 661 g/mol. The van der Waals surface area contributed by atoms with Gasteiger partial charge in [-0.2, -0.15) is 5.10 Å². The summed E-state index contributed by atoms with van der Waals surface area (Å²) in [6.45, 7) is 10.8. The number of aliphatic carboxylic acids is 1. The van der Waals surface area contributed by atoms with Crippen molar-refractivity contribution >= 4 is 56.0 Å². The lowest BCUT2D eigenvalue weighted by Crippen LogP contribution is -2.51. The van der Waals surface area contributed by atoms with Crippen molar-refractivity contribution in [3.05, 3.63) is 58.7 Å². The van der Waals surface area contributed by atoms with Crippen molar-refractivity contribution in [1.29, 1.82) is 0 Å². The molecule has 46 heavy (non-hydrogen) atoms. The molecule has 3 aromatic heterocycles. The number of pyridine rings is 1. The number of ether oxygens (including phenoxy) is 2. The maximum atomic E-state index is 12.7. The number of hydrogen-bond acceptors (Lipinski definition) is 9. The van der Waals surface area contributed by atoms with Crippen LogP contribution in [0.1, 0.15) is 50.8 Å². The quantitative estimate of drug-likeness (QED) is 0.197. The maximum absolute atomic E-state index is 12.7. The van der Waals surface area contributed by atoms with Gasteiger partial charge in [0, 0.05) is 54.1 Å². The highest BCUT2D eigenvalue weighted by molar-refractivity contribution is 7.22. The lowest BCUT2D eigenvalue weighted by molar-refractivity contribution is -0.168. The van der Waals surface area contributed by atoms with E-state index in [2.05, 4.69) is 15.9 Å². The van der Waals surface area contributed by atoms with Crippen LogP contribution in [0, 0.1) is 6.92 Å². The highest BCUT2D eigenvalue weighted by Crippen LogP contribution is 2.45. The minimum atomic E-state index is -1.17. The normalized spacial score (nSPS) is 17.1. The second-order valence-corrected chi connectivity index (χ2v) is 14.6. The van der Waals surface area contributed by atoms with E-state index in [1.165, 1.54) is 11.3 Å². The summed E-state index contributed by atoms with van der Waals surface area (Å²) < 4.78 is 14.3. The van der Waals surface area contributed by atoms with Crippen LogP contribution in [-0.4, -0.2) is 73.9 Å². The highest BCUT2D eigenvalue weighted by atomic mass is 35.5. The van der Waals surface area contributed by atoms with Crippen molar-refractivity contribution in [2.75, 3.05) is 31.5 Å². The fraction of sp³-hybridized carbons (Fsp3) is 0.412. The van der Waals surface area contributed by atoms with Crippen LogP contribution >= 0.6 is 22.9 Å². The van der Waals surface area contributed by atoms with Crippen molar-refractivity contribution in [1.82, 2.24) is 24.6 Å². The summed E-state index contributed by atoms with van der Waals surface area (Å²) >= 11 is 7.79. The Morgan fingerprint density at radius 3 is 2.48 bits per heavy atom. The molecule has 2 saturated heterocycles. The molecule has 0 amide bonds. The van der Waals surface area contributed by atoms with Crippen LogP contribution in [0.3, 0.4) is 0 Å². The van der Waals surface area contributed by atoms with E-state index in [1.807, 2.05) is 76.0 Å². The predicted octanol–water partition coefficient (Wildman–Crippen LogP) is 7.03. The molecule has 5 aromatic rings. The lowest BCUT2D eigenvalue weighted by atomic mass is 9.91. The minimum absolute atomic E-state index is 0.550. The number of anilines is 1. The van der Waals surface area contributed by atoms with Crippen LogP contribution in [0.15, 0.2) is 42.6 Å². The van der Waals surface area contributed by atoms with Gasteiger partial charge in [-0.15, -0.1) is 11.3 Å². The van der Waals surface area contributed by atoms with Gasteiger partial charge < -0.3 is 19.5 Å². The van der Waals surface area contributed by atoms with E-state index in [9.17, 15) is 9.90 Å². The third kappa shape index (κ3) is 5.75. The molecule has 5 heterocycles. The molecule has 0 radical (unpaired) electrons. The molecule has 12 heteroatoms. The monoisotopic (exact) mass is 660 g/mol. The predicted molar refractivity (Wildman–Crippen MR) is 181 cm³/mol. The lowest BCUT2D eigenvalue weighted by Gasteiger charge is -2.42. The molecule has 0 spiro atoms. The Morgan fingerprint density at radius 2 is 1.85 bits per heavy atom. The average Bonchev–Trinajstić information content (AvgIpc) is 3.55. The highest BCUT2D eigenvalue weighted by Gasteiger charge is 2.33. The number of piperidine rings is 1. The molecule has 2 aliphatic heterocycles. The number of carboxylic acids is 1. The smallest absolute Gasteiger partial charge is 0.337 e. The van der Waals surface area contributed by atoms with E-state index in [4.69, 9.17) is 36.1 Å². The van der Waals surface area contributed by atoms with Gasteiger partial charge in [-0.05, 0) is 75.9 Å². The first-order valence-corrected chi connectivity index (χ1v) is 16.7. The molecular weight excluding hydrogens is 624 g/mol. The second-order valence-electron chi connectivity index (χ2n) is 13.1. The first-order chi connectivity index (χ1) is 22.0. The molecule has 0 bridgehead atoms. The van der Waals surface area contributed by atoms with Gasteiger partial charge in [-0.1, -0.05) is 23.7 Å². The first-order valence-electron chi connectivity index (χ1n) is 15.5. The SMILES string of the molecule is Cc1cc2nc(-c3cnc4c(c3)c(N3CCC(N5COC5)CC3)nn4C)sc2c(-c2ccc(Cl)cc2)c1[C@H](OC(C)(C)C)C(=O)O. The number of halogens is 1. The van der Waals surface area contributed by atoms with Gasteiger partial charge in [0.25, 0.3) is 0 Å². The summed E-state index contributed by atoms with van der Waals surface area (Å²) in [4.78, 5) is 27.4. The van der Waals surface area contributed by atoms with Crippen LogP contribution in [0.5, 0.6) is 0 Å². The summed E-state index contributed by atoms with van der Waals surface area (Å²) in [5.41, 5.74) is 4.86. The van der Waals surface area contributed by atoms with Gasteiger partial charge in [0.05, 0.1) is 21.2 Å². The summed E-state index contributed by atoms with van der Waals surface area (Å²) in [6.07, 6.45) is 2.81.